The van der Waals surface area contributed by atoms with Crippen LogP contribution in [0.5, 0.6) is 5.75 Å². The lowest BCUT2D eigenvalue weighted by molar-refractivity contribution is 0.407. The lowest BCUT2D eigenvalue weighted by Crippen LogP contribution is -2.33. The quantitative estimate of drug-likeness (QED) is 0.405. The zero-order chi connectivity index (χ0) is 22.4. The molecule has 0 fully saturated rings. The van der Waals surface area contributed by atoms with Crippen molar-refractivity contribution in [2.24, 2.45) is 0 Å². The third kappa shape index (κ3) is 6.71. The number of halogens is 1. The van der Waals surface area contributed by atoms with Crippen molar-refractivity contribution < 1.29 is 4.74 Å². The van der Waals surface area contributed by atoms with Crippen LogP contribution in [0, 0.1) is 0 Å². The number of hydrogen-bond donors (Lipinski definition) is 1. The average molecular weight is 453 g/mol. The normalized spacial score (nSPS) is 11.1. The SMILES string of the molecule is COc1ccc(CN(Cc2ccc(C(C)(C)C)cc2)C(=S)Nc2ccc(Cl)cc2)cc1. The summed E-state index contributed by atoms with van der Waals surface area (Å²) in [6.45, 7) is 8.07. The first-order valence-electron chi connectivity index (χ1n) is 10.3. The number of methoxy groups -OCH3 is 1. The molecule has 162 valence electrons. The van der Waals surface area contributed by atoms with Crippen molar-refractivity contribution in [2.45, 2.75) is 39.3 Å². The number of benzene rings is 3. The van der Waals surface area contributed by atoms with Crippen LogP contribution in [0.3, 0.4) is 0 Å². The number of thiocarbonyl (C=S) groups is 1. The van der Waals surface area contributed by atoms with E-state index in [1.54, 1.807) is 7.11 Å². The molecule has 3 aromatic carbocycles. The van der Waals surface area contributed by atoms with E-state index in [0.717, 1.165) is 17.0 Å². The first-order valence-corrected chi connectivity index (χ1v) is 11.1. The van der Waals surface area contributed by atoms with Crippen molar-refractivity contribution in [1.29, 1.82) is 0 Å². The maximum absolute atomic E-state index is 6.01. The van der Waals surface area contributed by atoms with Crippen molar-refractivity contribution in [3.8, 4) is 5.75 Å². The molecular weight excluding hydrogens is 424 g/mol. The molecule has 0 unspecified atom stereocenters. The van der Waals surface area contributed by atoms with Crippen LogP contribution in [-0.2, 0) is 18.5 Å². The number of ether oxygens (including phenoxy) is 1. The summed E-state index contributed by atoms with van der Waals surface area (Å²) in [7, 11) is 1.67. The standard InChI is InChI=1S/C26H29ClN2OS/c1-26(2,3)21-9-5-19(6-10-21)17-29(18-20-7-15-24(30-4)16-8-20)25(31)28-23-13-11-22(27)12-14-23/h5-16H,17-18H2,1-4H3,(H,28,31). The molecule has 3 nitrogen and oxygen atoms in total. The molecule has 0 atom stereocenters. The summed E-state index contributed by atoms with van der Waals surface area (Å²) >= 11 is 11.8. The fourth-order valence-corrected chi connectivity index (χ4v) is 3.59. The van der Waals surface area contributed by atoms with Gasteiger partial charge in [-0.1, -0.05) is 68.8 Å². The Hall–Kier alpha value is -2.56. The van der Waals surface area contributed by atoms with Crippen molar-refractivity contribution in [2.75, 3.05) is 12.4 Å². The van der Waals surface area contributed by atoms with Crippen LogP contribution in [-0.4, -0.2) is 17.1 Å². The van der Waals surface area contributed by atoms with Crippen molar-refractivity contribution in [3.63, 3.8) is 0 Å². The van der Waals surface area contributed by atoms with Crippen molar-refractivity contribution in [1.82, 2.24) is 4.90 Å². The molecular formula is C26H29ClN2OS. The molecule has 0 aliphatic carbocycles. The maximum Gasteiger partial charge on any atom is 0.174 e. The van der Waals surface area contributed by atoms with Crippen LogP contribution >= 0.6 is 23.8 Å². The molecule has 0 amide bonds. The van der Waals surface area contributed by atoms with Gasteiger partial charge in [0.15, 0.2) is 5.11 Å². The van der Waals surface area contributed by atoms with Gasteiger partial charge in [0.1, 0.15) is 5.75 Å². The third-order valence-electron chi connectivity index (χ3n) is 5.11. The van der Waals surface area contributed by atoms with E-state index in [4.69, 9.17) is 28.6 Å². The van der Waals surface area contributed by atoms with E-state index in [9.17, 15) is 0 Å². The van der Waals surface area contributed by atoms with Gasteiger partial charge >= 0.3 is 0 Å². The summed E-state index contributed by atoms with van der Waals surface area (Å²) < 4.78 is 5.28. The lowest BCUT2D eigenvalue weighted by Gasteiger charge is -2.27. The van der Waals surface area contributed by atoms with Gasteiger partial charge in [0.05, 0.1) is 7.11 Å². The van der Waals surface area contributed by atoms with Crippen LogP contribution in [0.1, 0.15) is 37.5 Å². The number of nitrogens with one attached hydrogen (secondary N) is 1. The number of rotatable bonds is 6. The number of hydrogen-bond acceptors (Lipinski definition) is 2. The highest BCUT2D eigenvalue weighted by atomic mass is 35.5. The minimum atomic E-state index is 0.132. The van der Waals surface area contributed by atoms with E-state index < -0.39 is 0 Å². The molecule has 0 aliphatic heterocycles. The monoisotopic (exact) mass is 452 g/mol. The van der Waals surface area contributed by atoms with Crippen LogP contribution in [0.25, 0.3) is 0 Å². The van der Waals surface area contributed by atoms with Crippen LogP contribution in [0.4, 0.5) is 5.69 Å². The summed E-state index contributed by atoms with van der Waals surface area (Å²) in [5.41, 5.74) is 4.73. The Morgan fingerprint density at radius 1 is 0.871 bits per heavy atom. The van der Waals surface area contributed by atoms with E-state index >= 15 is 0 Å². The largest absolute Gasteiger partial charge is 0.497 e. The number of nitrogens with zero attached hydrogens (tertiary/aromatic N) is 1. The van der Waals surface area contributed by atoms with Gasteiger partial charge in [0.25, 0.3) is 0 Å². The van der Waals surface area contributed by atoms with Gasteiger partial charge in [-0.3, -0.25) is 0 Å². The molecule has 0 saturated carbocycles. The fourth-order valence-electron chi connectivity index (χ4n) is 3.22. The van der Waals surface area contributed by atoms with E-state index in [2.05, 4.69) is 67.4 Å². The summed E-state index contributed by atoms with van der Waals surface area (Å²) in [4.78, 5) is 2.16. The first kappa shape index (κ1) is 23.1. The van der Waals surface area contributed by atoms with E-state index in [1.807, 2.05) is 36.4 Å². The zero-order valence-electron chi connectivity index (χ0n) is 18.5. The molecule has 0 aliphatic rings. The molecule has 3 aromatic rings. The average Bonchev–Trinajstić information content (AvgIpc) is 2.75. The van der Waals surface area contributed by atoms with E-state index in [1.165, 1.54) is 11.1 Å². The second-order valence-corrected chi connectivity index (χ2v) is 9.41. The molecule has 0 saturated heterocycles. The van der Waals surface area contributed by atoms with E-state index in [0.29, 0.717) is 23.2 Å². The smallest absolute Gasteiger partial charge is 0.174 e. The predicted octanol–water partition coefficient (Wildman–Crippen LogP) is 7.05. The molecule has 0 spiro atoms. The van der Waals surface area contributed by atoms with Crippen LogP contribution < -0.4 is 10.1 Å². The topological polar surface area (TPSA) is 24.5 Å². The number of anilines is 1. The Balaban J connectivity index is 1.80. The van der Waals surface area contributed by atoms with Crippen LogP contribution in [0.15, 0.2) is 72.8 Å². The molecule has 31 heavy (non-hydrogen) atoms. The van der Waals surface area contributed by atoms with Crippen molar-refractivity contribution in [3.05, 3.63) is 94.5 Å². The summed E-state index contributed by atoms with van der Waals surface area (Å²) in [5, 5.41) is 4.71. The van der Waals surface area contributed by atoms with Gasteiger partial charge in [0, 0.05) is 23.8 Å². The van der Waals surface area contributed by atoms with Gasteiger partial charge in [-0.25, -0.2) is 0 Å². The van der Waals surface area contributed by atoms with Gasteiger partial charge in [-0.2, -0.15) is 0 Å². The van der Waals surface area contributed by atoms with E-state index in [-0.39, 0.29) is 5.41 Å². The molecule has 3 rings (SSSR count). The molecule has 0 heterocycles. The molecule has 0 radical (unpaired) electrons. The molecule has 0 bridgehead atoms. The Morgan fingerprint density at radius 3 is 1.87 bits per heavy atom. The fraction of sp³-hybridized carbons (Fsp3) is 0.269. The maximum atomic E-state index is 6.01. The Morgan fingerprint density at radius 2 is 1.39 bits per heavy atom. The molecule has 0 aromatic heterocycles. The molecule has 1 N–H and O–H groups in total. The Kier molecular flexibility index (Phi) is 7.58. The second kappa shape index (κ2) is 10.2. The van der Waals surface area contributed by atoms with Gasteiger partial charge in [0.2, 0.25) is 0 Å². The summed E-state index contributed by atoms with van der Waals surface area (Å²) in [6, 6.07) is 24.4. The third-order valence-corrected chi connectivity index (χ3v) is 5.72. The highest BCUT2D eigenvalue weighted by Gasteiger charge is 2.15. The van der Waals surface area contributed by atoms with Crippen LogP contribution in [0.2, 0.25) is 5.02 Å². The van der Waals surface area contributed by atoms with Gasteiger partial charge in [-0.05, 0) is 70.7 Å². The van der Waals surface area contributed by atoms with Crippen molar-refractivity contribution >= 4 is 34.6 Å². The highest BCUT2D eigenvalue weighted by molar-refractivity contribution is 7.80. The van der Waals surface area contributed by atoms with Gasteiger partial charge in [-0.15, -0.1) is 0 Å². The summed E-state index contributed by atoms with van der Waals surface area (Å²) in [6.07, 6.45) is 0. The lowest BCUT2D eigenvalue weighted by atomic mass is 9.87. The zero-order valence-corrected chi connectivity index (χ0v) is 20.1. The Bertz CT molecular complexity index is 994. The minimum absolute atomic E-state index is 0.132. The minimum Gasteiger partial charge on any atom is -0.497 e. The highest BCUT2D eigenvalue weighted by Crippen LogP contribution is 2.23. The first-order chi connectivity index (χ1) is 14.7. The Labute approximate surface area is 196 Å². The molecule has 5 heteroatoms. The second-order valence-electron chi connectivity index (χ2n) is 8.59. The predicted molar refractivity (Wildman–Crippen MR) is 135 cm³/mol. The summed E-state index contributed by atoms with van der Waals surface area (Å²) in [5.74, 6) is 0.843. The van der Waals surface area contributed by atoms with Gasteiger partial charge < -0.3 is 15.0 Å².